The molecule has 0 spiro atoms. The number of aromatic nitrogens is 3. The number of anilines is 1. The van der Waals surface area contributed by atoms with Gasteiger partial charge in [-0.3, -0.25) is 4.79 Å². The highest BCUT2D eigenvalue weighted by molar-refractivity contribution is 8.00. The average molecular weight is 386 g/mol. The van der Waals surface area contributed by atoms with E-state index in [1.54, 1.807) is 30.6 Å². The van der Waals surface area contributed by atoms with Gasteiger partial charge in [0.2, 0.25) is 5.91 Å². The molecule has 9 heteroatoms. The summed E-state index contributed by atoms with van der Waals surface area (Å²) in [6.45, 7) is 2.99. The van der Waals surface area contributed by atoms with E-state index in [0.717, 1.165) is 31.0 Å². The summed E-state index contributed by atoms with van der Waals surface area (Å²) in [6, 6.07) is 6.34. The van der Waals surface area contributed by atoms with Gasteiger partial charge in [-0.05, 0) is 30.7 Å². The van der Waals surface area contributed by atoms with E-state index >= 15 is 0 Å². The highest BCUT2D eigenvalue weighted by Crippen LogP contribution is 2.26. The van der Waals surface area contributed by atoms with Crippen molar-refractivity contribution in [2.24, 2.45) is 0 Å². The summed E-state index contributed by atoms with van der Waals surface area (Å²) in [4.78, 5) is 12.5. The van der Waals surface area contributed by atoms with Gasteiger partial charge in [0.25, 0.3) is 5.76 Å². The number of unbranched alkanes of at least 4 members (excludes halogenated alkanes) is 2. The number of nitrogens with zero attached hydrogens (tertiary/aromatic N) is 3. The minimum atomic E-state index is -2.45. The largest absolute Gasteiger partial charge is 0.325 e. The number of aryl methyl sites for hydroxylation is 1. The number of hydrogen-bond donors (Lipinski definition) is 1. The first-order valence-electron chi connectivity index (χ1n) is 7.94. The van der Waals surface area contributed by atoms with Crippen LogP contribution in [0.4, 0.5) is 14.5 Å². The molecule has 0 aliphatic rings. The molecule has 0 bridgehead atoms. The van der Waals surface area contributed by atoms with E-state index in [1.165, 1.54) is 11.8 Å². The second-order valence-corrected chi connectivity index (χ2v) is 7.26. The molecule has 0 fully saturated rings. The number of amides is 1. The lowest BCUT2D eigenvalue weighted by atomic mass is 10.2. The Morgan fingerprint density at radius 3 is 2.72 bits per heavy atom. The van der Waals surface area contributed by atoms with Gasteiger partial charge in [-0.1, -0.05) is 43.3 Å². The molecule has 0 atom stereocenters. The summed E-state index contributed by atoms with van der Waals surface area (Å²) < 4.78 is 26.5. The Morgan fingerprint density at radius 1 is 1.28 bits per heavy atom. The zero-order valence-corrected chi connectivity index (χ0v) is 15.5. The lowest BCUT2D eigenvalue weighted by molar-refractivity contribution is -0.113. The quantitative estimate of drug-likeness (QED) is 0.481. The Balaban J connectivity index is 1.80. The van der Waals surface area contributed by atoms with Crippen molar-refractivity contribution in [3.8, 4) is 0 Å². The Morgan fingerprint density at radius 2 is 2.04 bits per heavy atom. The average Bonchev–Trinajstić information content (AvgIpc) is 3.02. The van der Waals surface area contributed by atoms with Crippen LogP contribution in [0.3, 0.4) is 0 Å². The Kier molecular flexibility index (Phi) is 8.20. The highest BCUT2D eigenvalue weighted by Gasteiger charge is 2.10. The number of halogens is 2. The van der Waals surface area contributed by atoms with Gasteiger partial charge >= 0.3 is 0 Å². The second-order valence-electron chi connectivity index (χ2n) is 5.25. The van der Waals surface area contributed by atoms with Crippen molar-refractivity contribution in [2.45, 2.75) is 48.5 Å². The van der Waals surface area contributed by atoms with E-state index < -0.39 is 5.76 Å². The third kappa shape index (κ3) is 7.03. The topological polar surface area (TPSA) is 59.8 Å². The summed E-state index contributed by atoms with van der Waals surface area (Å²) in [7, 11) is 0. The van der Waals surface area contributed by atoms with Crippen LogP contribution in [0.25, 0.3) is 0 Å². The molecule has 0 unspecified atom stereocenters. The summed E-state index contributed by atoms with van der Waals surface area (Å²) in [5, 5.41) is 11.4. The first-order valence-corrected chi connectivity index (χ1v) is 9.80. The maximum Gasteiger partial charge on any atom is 0.288 e. The van der Waals surface area contributed by atoms with Crippen LogP contribution in [0.5, 0.6) is 0 Å². The van der Waals surface area contributed by atoms with Crippen LogP contribution >= 0.6 is 23.5 Å². The van der Waals surface area contributed by atoms with Gasteiger partial charge in [-0.2, -0.15) is 8.78 Å². The van der Waals surface area contributed by atoms with E-state index in [2.05, 4.69) is 22.4 Å². The van der Waals surface area contributed by atoms with E-state index in [9.17, 15) is 13.6 Å². The van der Waals surface area contributed by atoms with Gasteiger partial charge in [-0.25, -0.2) is 0 Å². The molecule has 1 aromatic heterocycles. The molecule has 1 N–H and O–H groups in total. The fraction of sp³-hybridized carbons (Fsp3) is 0.438. The van der Waals surface area contributed by atoms with Crippen LogP contribution < -0.4 is 5.32 Å². The highest BCUT2D eigenvalue weighted by atomic mass is 32.2. The third-order valence-electron chi connectivity index (χ3n) is 3.28. The van der Waals surface area contributed by atoms with Crippen LogP contribution in [0, 0.1) is 0 Å². The molecule has 1 aromatic carbocycles. The van der Waals surface area contributed by atoms with E-state index in [1.807, 2.05) is 4.57 Å². The minimum Gasteiger partial charge on any atom is -0.325 e. The number of nitrogens with one attached hydrogen (secondary N) is 1. The Labute approximate surface area is 154 Å². The molecule has 2 rings (SSSR count). The molecule has 0 aliphatic carbocycles. The molecule has 0 radical (unpaired) electrons. The molecule has 25 heavy (non-hydrogen) atoms. The predicted octanol–water partition coefficient (Wildman–Crippen LogP) is 4.51. The summed E-state index contributed by atoms with van der Waals surface area (Å²) >= 11 is 1.80. The Bertz CT molecular complexity index is 664. The molecule has 1 amide bonds. The van der Waals surface area contributed by atoms with Crippen molar-refractivity contribution < 1.29 is 13.6 Å². The maximum absolute atomic E-state index is 12.3. The number of benzene rings is 1. The van der Waals surface area contributed by atoms with Crippen molar-refractivity contribution >= 4 is 35.1 Å². The lowest BCUT2D eigenvalue weighted by Gasteiger charge is -2.07. The van der Waals surface area contributed by atoms with Crippen LogP contribution in [-0.4, -0.2) is 32.2 Å². The second kappa shape index (κ2) is 10.4. The first kappa shape index (κ1) is 19.7. The van der Waals surface area contributed by atoms with Gasteiger partial charge in [0.05, 0.1) is 5.75 Å². The van der Waals surface area contributed by atoms with Crippen LogP contribution in [0.1, 0.15) is 26.2 Å². The lowest BCUT2D eigenvalue weighted by Crippen LogP contribution is -2.14. The number of rotatable bonds is 10. The zero-order valence-electron chi connectivity index (χ0n) is 13.8. The standard InChI is InChI=1S/C16H20F2N4OS2/c1-2-3-4-9-22-11-19-21-16(22)24-10-14(23)20-12-5-7-13(8-6-12)25-15(17)18/h5-8,11,15H,2-4,9-10H2,1H3,(H,20,23). The van der Waals surface area contributed by atoms with Crippen molar-refractivity contribution in [3.05, 3.63) is 30.6 Å². The SMILES string of the molecule is CCCCCn1cnnc1SCC(=O)Nc1ccc(SC(F)F)cc1. The smallest absolute Gasteiger partial charge is 0.288 e. The molecule has 2 aromatic rings. The third-order valence-corrected chi connectivity index (χ3v) is 4.98. The van der Waals surface area contributed by atoms with Crippen LogP contribution in [-0.2, 0) is 11.3 Å². The molecular formula is C16H20F2N4OS2. The summed E-state index contributed by atoms with van der Waals surface area (Å²) in [5.74, 6) is -2.42. The van der Waals surface area contributed by atoms with Gasteiger partial charge in [-0.15, -0.1) is 10.2 Å². The van der Waals surface area contributed by atoms with Crippen LogP contribution in [0.15, 0.2) is 40.6 Å². The van der Waals surface area contributed by atoms with Crippen LogP contribution in [0.2, 0.25) is 0 Å². The molecule has 0 aliphatic heterocycles. The molecule has 0 saturated heterocycles. The maximum atomic E-state index is 12.3. The molecule has 136 valence electrons. The molecular weight excluding hydrogens is 366 g/mol. The number of carbonyl (C=O) groups is 1. The van der Waals surface area contributed by atoms with E-state index in [0.29, 0.717) is 22.3 Å². The number of carbonyl (C=O) groups excluding carboxylic acids is 1. The van der Waals surface area contributed by atoms with Gasteiger partial charge in [0.1, 0.15) is 6.33 Å². The molecule has 0 saturated carbocycles. The zero-order chi connectivity index (χ0) is 18.1. The fourth-order valence-corrected chi connectivity index (χ4v) is 3.33. The number of alkyl halides is 2. The normalized spacial score (nSPS) is 11.0. The number of hydrogen-bond acceptors (Lipinski definition) is 5. The van der Waals surface area contributed by atoms with Crippen molar-refractivity contribution in [3.63, 3.8) is 0 Å². The molecule has 1 heterocycles. The minimum absolute atomic E-state index is 0.178. The van der Waals surface area contributed by atoms with Crippen molar-refractivity contribution in [1.29, 1.82) is 0 Å². The van der Waals surface area contributed by atoms with Gasteiger partial charge in [0.15, 0.2) is 5.16 Å². The van der Waals surface area contributed by atoms with Gasteiger partial charge < -0.3 is 9.88 Å². The van der Waals surface area contributed by atoms with Crippen molar-refractivity contribution in [2.75, 3.05) is 11.1 Å². The van der Waals surface area contributed by atoms with E-state index in [4.69, 9.17) is 0 Å². The fourth-order valence-electron chi connectivity index (χ4n) is 2.09. The summed E-state index contributed by atoms with van der Waals surface area (Å²) in [5.41, 5.74) is 0.577. The molecule has 5 nitrogen and oxygen atoms in total. The summed E-state index contributed by atoms with van der Waals surface area (Å²) in [6.07, 6.45) is 5.01. The van der Waals surface area contributed by atoms with Crippen molar-refractivity contribution in [1.82, 2.24) is 14.8 Å². The monoisotopic (exact) mass is 386 g/mol. The predicted molar refractivity (Wildman–Crippen MR) is 97.2 cm³/mol. The number of thioether (sulfide) groups is 2. The Hall–Kier alpha value is -1.61. The first-order chi connectivity index (χ1) is 12.1. The van der Waals surface area contributed by atoms with E-state index in [-0.39, 0.29) is 11.7 Å². The van der Waals surface area contributed by atoms with Gasteiger partial charge in [0, 0.05) is 17.1 Å².